The van der Waals surface area contributed by atoms with Gasteiger partial charge in [-0.2, -0.15) is 0 Å². The van der Waals surface area contributed by atoms with Crippen molar-refractivity contribution in [2.24, 2.45) is 51.8 Å². The standard InChI is InChI=1S/C34H44O14/c1-11(35)44-25-19-17(22(39)21(38)14-9-15-24(47-15)27(31(14,19)5)45-12(2)36)18-23(40)20-26(32(18,6)28(25)46-13(3)37)30(4,42)10-16-33(20,7)34(8,43)29(41)48-16/h10,14-15,17-20,22-28,39-40,42-43H,9H2,1-8H3/t14-,15+,17+,18+,19-,20+,22-,23-,24+,25+,26-,27+,28+,30-,31+,32+,33+,34-/m1/s1. The van der Waals surface area contributed by atoms with Crippen LogP contribution in [0.4, 0.5) is 0 Å². The highest BCUT2D eigenvalue weighted by atomic mass is 16.6. The molecule has 7 aliphatic rings. The van der Waals surface area contributed by atoms with Gasteiger partial charge in [-0.3, -0.25) is 19.2 Å². The molecule has 0 bridgehead atoms. The van der Waals surface area contributed by atoms with Crippen molar-refractivity contribution in [2.45, 2.75) is 116 Å². The Labute approximate surface area is 277 Å². The average Bonchev–Trinajstić information content (AvgIpc) is 3.65. The van der Waals surface area contributed by atoms with Gasteiger partial charge in [0, 0.05) is 67.1 Å². The van der Waals surface area contributed by atoms with Crippen LogP contribution in [0.25, 0.3) is 0 Å². The van der Waals surface area contributed by atoms with E-state index in [2.05, 4.69) is 0 Å². The summed E-state index contributed by atoms with van der Waals surface area (Å²) in [6.07, 6.45) is -6.56. The molecule has 0 amide bonds. The molecule has 6 fully saturated rings. The fourth-order valence-electron chi connectivity index (χ4n) is 12.0. The van der Waals surface area contributed by atoms with Gasteiger partial charge in [-0.25, -0.2) is 4.79 Å². The highest BCUT2D eigenvalue weighted by Crippen LogP contribution is 2.76. The highest BCUT2D eigenvalue weighted by molar-refractivity contribution is 5.88. The summed E-state index contributed by atoms with van der Waals surface area (Å²) in [6, 6.07) is 0. The summed E-state index contributed by atoms with van der Waals surface area (Å²) >= 11 is 0. The number of ether oxygens (including phenoxy) is 5. The number of carbonyl (C=O) groups excluding carboxylic acids is 5. The summed E-state index contributed by atoms with van der Waals surface area (Å²) in [4.78, 5) is 65.9. The number of esters is 4. The number of aliphatic hydroxyl groups excluding tert-OH is 2. The van der Waals surface area contributed by atoms with Gasteiger partial charge in [0.05, 0.1) is 23.2 Å². The van der Waals surface area contributed by atoms with Crippen LogP contribution >= 0.6 is 0 Å². The second-order valence-electron chi connectivity index (χ2n) is 16.2. The van der Waals surface area contributed by atoms with Crippen molar-refractivity contribution < 1.29 is 68.1 Å². The lowest BCUT2D eigenvalue weighted by atomic mass is 9.41. The first kappa shape index (κ1) is 33.6. The van der Waals surface area contributed by atoms with E-state index in [9.17, 15) is 44.4 Å². The van der Waals surface area contributed by atoms with Crippen LogP contribution in [0.15, 0.2) is 11.8 Å². The molecule has 14 heteroatoms. The number of aliphatic hydroxyl groups is 4. The quantitative estimate of drug-likeness (QED) is 0.175. The lowest BCUT2D eigenvalue weighted by Gasteiger charge is -2.65. The monoisotopic (exact) mass is 676 g/mol. The summed E-state index contributed by atoms with van der Waals surface area (Å²) in [5.74, 6) is -10.4. The van der Waals surface area contributed by atoms with Gasteiger partial charge in [0.1, 0.15) is 36.3 Å². The molecule has 2 saturated heterocycles. The minimum atomic E-state index is -2.19. The lowest BCUT2D eigenvalue weighted by Crippen LogP contribution is -2.75. The van der Waals surface area contributed by atoms with E-state index < -0.39 is 135 Å². The maximum Gasteiger partial charge on any atom is 0.343 e. The molecule has 0 aromatic carbocycles. The van der Waals surface area contributed by atoms with Crippen LogP contribution in [-0.4, -0.2) is 104 Å². The van der Waals surface area contributed by atoms with Crippen molar-refractivity contribution in [1.82, 2.24) is 0 Å². The summed E-state index contributed by atoms with van der Waals surface area (Å²) in [6.45, 7) is 11.2. The first-order valence-corrected chi connectivity index (χ1v) is 16.5. The first-order valence-electron chi connectivity index (χ1n) is 16.5. The fraction of sp³-hybridized carbons (Fsp3) is 0.794. The maximum atomic E-state index is 14.4. The van der Waals surface area contributed by atoms with Gasteiger partial charge < -0.3 is 44.1 Å². The zero-order valence-electron chi connectivity index (χ0n) is 28.2. The predicted molar refractivity (Wildman–Crippen MR) is 158 cm³/mol. The zero-order valence-corrected chi connectivity index (χ0v) is 28.2. The third kappa shape index (κ3) is 3.83. The Kier molecular flexibility index (Phi) is 6.90. The summed E-state index contributed by atoms with van der Waals surface area (Å²) in [7, 11) is 0. The molecule has 264 valence electrons. The van der Waals surface area contributed by atoms with Crippen LogP contribution in [0.2, 0.25) is 0 Å². The number of hydrogen-bond acceptors (Lipinski definition) is 14. The zero-order chi connectivity index (χ0) is 35.4. The fourth-order valence-corrected chi connectivity index (χ4v) is 12.0. The number of epoxide rings is 1. The Morgan fingerprint density at radius 3 is 2.00 bits per heavy atom. The maximum absolute atomic E-state index is 14.4. The van der Waals surface area contributed by atoms with E-state index in [0.717, 1.165) is 0 Å². The van der Waals surface area contributed by atoms with Gasteiger partial charge >= 0.3 is 23.9 Å². The van der Waals surface area contributed by atoms with Gasteiger partial charge in [-0.05, 0) is 33.3 Å². The topological polar surface area (TPSA) is 216 Å². The molecular formula is C34H44O14. The summed E-state index contributed by atoms with van der Waals surface area (Å²) < 4.78 is 29.4. The SMILES string of the molecule is CC(=O)O[C@H]1[C@H]2[C@H]([C@H]3[C@@H](O)[C@H]4[C@@H]([C@@]3(C)[C@H]1OC(C)=O)[C@](C)(O)C=C1OC(=O)[C@@](C)(O)[C@@]14C)[C@@H](O)C(=O)[C@H]1C[C@@H]3O[C@@H]3[C@H](OC(C)=O)[C@]21C. The smallest absolute Gasteiger partial charge is 0.343 e. The van der Waals surface area contributed by atoms with Crippen molar-refractivity contribution in [1.29, 1.82) is 0 Å². The molecule has 4 N–H and O–H groups in total. The number of ketones is 1. The van der Waals surface area contributed by atoms with Crippen molar-refractivity contribution in [2.75, 3.05) is 0 Å². The molecule has 48 heavy (non-hydrogen) atoms. The van der Waals surface area contributed by atoms with Crippen molar-refractivity contribution in [3.63, 3.8) is 0 Å². The number of rotatable bonds is 3. The minimum absolute atomic E-state index is 0.0476. The Bertz CT molecular complexity index is 1550. The van der Waals surface area contributed by atoms with Crippen LogP contribution in [0.3, 0.4) is 0 Å². The van der Waals surface area contributed by atoms with Crippen molar-refractivity contribution >= 4 is 29.7 Å². The first-order chi connectivity index (χ1) is 22.1. The van der Waals surface area contributed by atoms with Gasteiger partial charge in [0.2, 0.25) is 0 Å². The highest BCUT2D eigenvalue weighted by Gasteiger charge is 2.84. The molecule has 0 spiro atoms. The Morgan fingerprint density at radius 2 is 1.42 bits per heavy atom. The number of hydrogen-bond donors (Lipinski definition) is 4. The summed E-state index contributed by atoms with van der Waals surface area (Å²) in [5.41, 5.74) is -8.62. The molecule has 14 nitrogen and oxygen atoms in total. The third-order valence-corrected chi connectivity index (χ3v) is 13.8. The second-order valence-corrected chi connectivity index (χ2v) is 16.2. The molecule has 2 heterocycles. The van der Waals surface area contributed by atoms with Gasteiger partial charge in [-0.1, -0.05) is 13.8 Å². The van der Waals surface area contributed by atoms with E-state index >= 15 is 0 Å². The predicted octanol–water partition coefficient (Wildman–Crippen LogP) is -0.0433. The van der Waals surface area contributed by atoms with Crippen LogP contribution in [-0.2, 0) is 47.7 Å². The largest absolute Gasteiger partial charge is 0.459 e. The molecule has 0 unspecified atom stereocenters. The van der Waals surface area contributed by atoms with E-state index in [4.69, 9.17) is 23.7 Å². The van der Waals surface area contributed by atoms with Crippen LogP contribution < -0.4 is 0 Å². The Balaban J connectivity index is 1.51. The van der Waals surface area contributed by atoms with Gasteiger partial charge in [-0.15, -0.1) is 0 Å². The van der Waals surface area contributed by atoms with Crippen LogP contribution in [0.5, 0.6) is 0 Å². The third-order valence-electron chi connectivity index (χ3n) is 13.8. The van der Waals surface area contributed by atoms with E-state index in [-0.39, 0.29) is 12.2 Å². The van der Waals surface area contributed by atoms with E-state index in [1.54, 1.807) is 20.8 Å². The molecule has 0 aromatic rings. The second kappa shape index (κ2) is 9.87. The van der Waals surface area contributed by atoms with Crippen LogP contribution in [0, 0.1) is 51.8 Å². The molecular weight excluding hydrogens is 632 g/mol. The molecule has 0 aromatic heterocycles. The average molecular weight is 677 g/mol. The molecule has 5 aliphatic carbocycles. The minimum Gasteiger partial charge on any atom is -0.459 e. The van der Waals surface area contributed by atoms with Crippen LogP contribution in [0.1, 0.15) is 61.8 Å². The van der Waals surface area contributed by atoms with Crippen molar-refractivity contribution in [3.05, 3.63) is 11.8 Å². The van der Waals surface area contributed by atoms with E-state index in [1.165, 1.54) is 40.7 Å². The molecule has 18 atom stereocenters. The number of carbonyl (C=O) groups is 5. The Hall–Kier alpha value is -2.91. The lowest BCUT2D eigenvalue weighted by molar-refractivity contribution is -0.276. The summed E-state index contributed by atoms with van der Waals surface area (Å²) in [5, 5.41) is 48.7. The van der Waals surface area contributed by atoms with Crippen molar-refractivity contribution in [3.8, 4) is 0 Å². The normalized spacial score (nSPS) is 55.8. The number of fused-ring (bicyclic) bond motifs is 10. The van der Waals surface area contributed by atoms with Gasteiger partial charge in [0.15, 0.2) is 11.4 Å². The molecule has 0 radical (unpaired) electrons. The van der Waals surface area contributed by atoms with Gasteiger partial charge in [0.25, 0.3) is 0 Å². The Morgan fingerprint density at radius 1 is 0.833 bits per heavy atom. The van der Waals surface area contributed by atoms with E-state index in [0.29, 0.717) is 0 Å². The molecule has 2 aliphatic heterocycles. The molecule has 4 saturated carbocycles. The molecule has 7 rings (SSSR count). The van der Waals surface area contributed by atoms with E-state index in [1.807, 2.05) is 0 Å². The number of Topliss-reactive ketones (excluding diaryl/α,β-unsaturated/α-hetero) is 1.